The van der Waals surface area contributed by atoms with Crippen molar-refractivity contribution in [2.75, 3.05) is 0 Å². The lowest BCUT2D eigenvalue weighted by Gasteiger charge is -2.12. The number of fused-ring (bicyclic) bond motifs is 3. The van der Waals surface area contributed by atoms with Crippen LogP contribution in [-0.2, 0) is 6.66 Å². The highest BCUT2D eigenvalue weighted by Crippen LogP contribution is 2.36. The molecule has 5 atom stereocenters. The largest absolute Gasteiger partial charge is 0.419 e. The van der Waals surface area contributed by atoms with E-state index in [4.69, 9.17) is 8.39 Å². The third kappa shape index (κ3) is 3.38. The number of hydrogen-bond acceptors (Lipinski definition) is 2. The third-order valence-electron chi connectivity index (χ3n) is 4.15. The maximum Gasteiger partial charge on any atom is 0.213 e. The predicted octanol–water partition coefficient (Wildman–Crippen LogP) is 4.84. The highest BCUT2D eigenvalue weighted by Gasteiger charge is 2.15. The van der Waals surface area contributed by atoms with Crippen molar-refractivity contribution >= 4 is 73.6 Å². The zero-order valence-corrected chi connectivity index (χ0v) is 17.9. The van der Waals surface area contributed by atoms with Crippen LogP contribution in [0.15, 0.2) is 32.7 Å². The highest BCUT2D eigenvalue weighted by molar-refractivity contribution is 7.35. The van der Waals surface area contributed by atoms with Crippen LogP contribution >= 0.6 is 35.7 Å². The van der Waals surface area contributed by atoms with Crippen LogP contribution in [0.25, 0.3) is 21.9 Å². The van der Waals surface area contributed by atoms with Gasteiger partial charge in [0.2, 0.25) is 8.01 Å². The second kappa shape index (κ2) is 6.86. The van der Waals surface area contributed by atoms with Crippen LogP contribution < -0.4 is 15.9 Å². The third-order valence-corrected chi connectivity index (χ3v) is 6.13. The Morgan fingerprint density at radius 1 is 0.957 bits per heavy atom. The van der Waals surface area contributed by atoms with Crippen molar-refractivity contribution in [1.82, 2.24) is 0 Å². The standard InChI is InChI=1S/C17H22O2P4/c1-4-9(2)12-5-10(20)6-13-14-7-11(21)8-15(22)17(14)19-23(3)18-16(12)13/h5-9H,4,20-22H2,1-3H3. The molecule has 6 heteroatoms. The number of rotatable bonds is 2. The van der Waals surface area contributed by atoms with Crippen LogP contribution in [-0.4, -0.2) is 0 Å². The quantitative estimate of drug-likeness (QED) is 0.593. The highest BCUT2D eigenvalue weighted by atomic mass is 31.1. The van der Waals surface area contributed by atoms with Gasteiger partial charge in [-0.3, -0.25) is 0 Å². The summed E-state index contributed by atoms with van der Waals surface area (Å²) >= 11 is 0. The Kier molecular flexibility index (Phi) is 5.21. The van der Waals surface area contributed by atoms with Crippen LogP contribution in [0.2, 0.25) is 0 Å². The van der Waals surface area contributed by atoms with E-state index in [9.17, 15) is 0 Å². The fraction of sp³-hybridized carbons (Fsp3) is 0.294. The second-order valence-electron chi connectivity index (χ2n) is 5.91. The van der Waals surface area contributed by atoms with E-state index >= 15 is 0 Å². The number of hydrogen-bond donors (Lipinski definition) is 0. The maximum absolute atomic E-state index is 6.26. The van der Waals surface area contributed by atoms with E-state index in [1.807, 2.05) is 6.66 Å². The first kappa shape index (κ1) is 17.5. The van der Waals surface area contributed by atoms with Gasteiger partial charge in [0, 0.05) is 22.7 Å². The lowest BCUT2D eigenvalue weighted by atomic mass is 9.96. The molecule has 2 nitrogen and oxygen atoms in total. The Balaban J connectivity index is 2.61. The summed E-state index contributed by atoms with van der Waals surface area (Å²) in [7, 11) is 7.39. The summed E-state index contributed by atoms with van der Waals surface area (Å²) in [6.07, 6.45) is 1.08. The van der Waals surface area contributed by atoms with Gasteiger partial charge >= 0.3 is 0 Å². The molecule has 0 aliphatic rings. The van der Waals surface area contributed by atoms with Crippen molar-refractivity contribution in [1.29, 1.82) is 0 Å². The molecule has 2 aromatic carbocycles. The summed E-state index contributed by atoms with van der Waals surface area (Å²) in [5, 5.41) is 5.62. The van der Waals surface area contributed by atoms with E-state index in [1.165, 1.54) is 10.9 Å². The van der Waals surface area contributed by atoms with Crippen LogP contribution in [0.3, 0.4) is 0 Å². The molecule has 1 aromatic heterocycles. The van der Waals surface area contributed by atoms with Gasteiger partial charge in [-0.25, -0.2) is 0 Å². The van der Waals surface area contributed by atoms with Gasteiger partial charge in [-0.15, -0.1) is 27.7 Å². The van der Waals surface area contributed by atoms with Crippen LogP contribution in [0.5, 0.6) is 0 Å². The van der Waals surface area contributed by atoms with Gasteiger partial charge in [-0.05, 0) is 52.8 Å². The topological polar surface area (TPSA) is 26.3 Å². The normalized spacial score (nSPS) is 13.6. The molecule has 0 saturated heterocycles. The summed E-state index contributed by atoms with van der Waals surface area (Å²) in [5.41, 5.74) is 3.16. The van der Waals surface area contributed by atoms with Gasteiger partial charge in [0.1, 0.15) is 11.2 Å². The molecule has 122 valence electrons. The van der Waals surface area contributed by atoms with E-state index in [2.05, 4.69) is 65.8 Å². The van der Waals surface area contributed by atoms with E-state index < -0.39 is 8.01 Å². The van der Waals surface area contributed by atoms with Gasteiger partial charge in [-0.1, -0.05) is 13.8 Å². The molecule has 0 amide bonds. The smallest absolute Gasteiger partial charge is 0.213 e. The summed E-state index contributed by atoms with van der Waals surface area (Å²) < 4.78 is 12.4. The van der Waals surface area contributed by atoms with Crippen molar-refractivity contribution in [3.05, 3.63) is 29.8 Å². The molecule has 0 aliphatic carbocycles. The van der Waals surface area contributed by atoms with Gasteiger partial charge in [-0.2, -0.15) is 0 Å². The average molecular weight is 382 g/mol. The summed E-state index contributed by atoms with van der Waals surface area (Å²) in [5.74, 6) is 0.448. The molecule has 1 heterocycles. The molecule has 0 aliphatic heterocycles. The molecule has 3 rings (SSSR count). The zero-order valence-electron chi connectivity index (χ0n) is 13.6. The average Bonchev–Trinajstić information content (AvgIpc) is 2.63. The Morgan fingerprint density at radius 3 is 2.17 bits per heavy atom. The number of aryl methyl sites for hydroxylation is 1. The van der Waals surface area contributed by atoms with E-state index in [-0.39, 0.29) is 0 Å². The van der Waals surface area contributed by atoms with E-state index in [0.29, 0.717) is 5.92 Å². The molecular weight excluding hydrogens is 360 g/mol. The van der Waals surface area contributed by atoms with Crippen LogP contribution in [0.1, 0.15) is 31.7 Å². The lowest BCUT2D eigenvalue weighted by molar-refractivity contribution is 0.634. The minimum atomic E-state index is -1.000. The fourth-order valence-electron chi connectivity index (χ4n) is 2.81. The SMILES string of the molecule is CCC(C)c1cc(P)cc2c1op(C)oc1c(P)cc(P)cc12. The molecule has 0 radical (unpaired) electrons. The molecule has 0 N–H and O–H groups in total. The predicted molar refractivity (Wildman–Crippen MR) is 114 cm³/mol. The van der Waals surface area contributed by atoms with Crippen molar-refractivity contribution in [2.45, 2.75) is 26.2 Å². The zero-order chi connectivity index (χ0) is 16.7. The van der Waals surface area contributed by atoms with Gasteiger partial charge in [0.15, 0.2) is 0 Å². The van der Waals surface area contributed by atoms with E-state index in [1.54, 1.807) is 0 Å². The van der Waals surface area contributed by atoms with Crippen molar-refractivity contribution < 1.29 is 8.39 Å². The Bertz CT molecular complexity index is 931. The first-order valence-corrected chi connectivity index (χ1v) is 11.0. The van der Waals surface area contributed by atoms with Gasteiger partial charge in [0.25, 0.3) is 0 Å². The molecule has 0 bridgehead atoms. The first-order valence-electron chi connectivity index (χ1n) is 7.63. The summed E-state index contributed by atoms with van der Waals surface area (Å²) in [6, 6.07) is 8.66. The van der Waals surface area contributed by atoms with Crippen LogP contribution in [0, 0.1) is 0 Å². The first-order chi connectivity index (χ1) is 10.9. The molecule has 0 fully saturated rings. The number of benzene rings is 2. The van der Waals surface area contributed by atoms with Crippen molar-refractivity contribution in [2.24, 2.45) is 6.66 Å². The molecule has 0 saturated carbocycles. The fourth-order valence-corrected chi connectivity index (χ4v) is 5.16. The molecular formula is C17H22O2P4. The molecule has 23 heavy (non-hydrogen) atoms. The molecule has 3 aromatic rings. The minimum Gasteiger partial charge on any atom is -0.419 e. The Labute approximate surface area is 144 Å². The molecule has 0 spiro atoms. The van der Waals surface area contributed by atoms with Crippen molar-refractivity contribution in [3.8, 4) is 0 Å². The van der Waals surface area contributed by atoms with Gasteiger partial charge < -0.3 is 8.39 Å². The van der Waals surface area contributed by atoms with Gasteiger partial charge in [0.05, 0.1) is 0 Å². The molecule has 5 unspecified atom stereocenters. The maximum atomic E-state index is 6.26. The van der Waals surface area contributed by atoms with E-state index in [0.717, 1.165) is 39.0 Å². The van der Waals surface area contributed by atoms with Crippen molar-refractivity contribution in [3.63, 3.8) is 0 Å². The summed E-state index contributed by atoms with van der Waals surface area (Å²) in [6.45, 7) is 6.48. The van der Waals surface area contributed by atoms with Crippen LogP contribution in [0.4, 0.5) is 0 Å². The lowest BCUT2D eigenvalue weighted by Crippen LogP contribution is -2.03. The monoisotopic (exact) mass is 382 g/mol. The Morgan fingerprint density at radius 2 is 1.52 bits per heavy atom. The minimum absolute atomic E-state index is 0.448. The Hall–Kier alpha value is -0.370. The second-order valence-corrected chi connectivity index (χ2v) is 9.11. The summed E-state index contributed by atoms with van der Waals surface area (Å²) in [4.78, 5) is 0.